The molecule has 0 bridgehead atoms. The largest absolute Gasteiger partial charge is 0.481 e. The lowest BCUT2D eigenvalue weighted by Gasteiger charge is -2.04. The number of methoxy groups -OCH3 is 1. The van der Waals surface area contributed by atoms with Crippen LogP contribution < -0.4 is 0 Å². The quantitative estimate of drug-likeness (QED) is 0.133. The maximum atomic E-state index is 11.5. The number of fused-ring (bicyclic) bond motifs is 2. The van der Waals surface area contributed by atoms with Crippen LogP contribution in [0.25, 0.3) is 21.8 Å². The fraction of sp³-hybridized carbons (Fsp3) is 0.455. The van der Waals surface area contributed by atoms with Gasteiger partial charge in [-0.1, -0.05) is 88.8 Å². The summed E-state index contributed by atoms with van der Waals surface area (Å²) in [7, 11) is 1.44. The molecule has 2 aromatic heterocycles. The fourth-order valence-corrected chi connectivity index (χ4v) is 5.11. The number of carbonyl (C=O) groups excluding carboxylic acids is 1. The lowest BCUT2D eigenvalue weighted by atomic mass is 10.1. The number of aryl methyl sites for hydroxylation is 2. The Balaban J connectivity index is 0.000000216. The average molecular weight is 533 g/mol. The van der Waals surface area contributed by atoms with Gasteiger partial charge in [-0.3, -0.25) is 9.59 Å². The molecule has 0 amide bonds. The van der Waals surface area contributed by atoms with Crippen molar-refractivity contribution in [2.24, 2.45) is 0 Å². The molecule has 2 heterocycles. The normalized spacial score (nSPS) is 10.9. The van der Waals surface area contributed by atoms with Gasteiger partial charge in [0, 0.05) is 47.3 Å². The zero-order valence-electron chi connectivity index (χ0n) is 23.8. The van der Waals surface area contributed by atoms with Crippen LogP contribution in [0.4, 0.5) is 0 Å². The molecule has 4 rings (SSSR count). The highest BCUT2D eigenvalue weighted by Gasteiger charge is 2.12. The molecule has 2 aromatic carbocycles. The number of carbonyl (C=O) groups is 2. The third-order valence-corrected chi connectivity index (χ3v) is 7.15. The number of esters is 1. The Kier molecular flexibility index (Phi) is 12.1. The van der Waals surface area contributed by atoms with E-state index in [9.17, 15) is 9.59 Å². The number of nitrogens with zero attached hydrogens (tertiary/aromatic N) is 2. The lowest BCUT2D eigenvalue weighted by Crippen LogP contribution is -2.04. The van der Waals surface area contributed by atoms with E-state index in [1.807, 2.05) is 36.5 Å². The van der Waals surface area contributed by atoms with Crippen LogP contribution in [-0.4, -0.2) is 33.3 Å². The Morgan fingerprint density at radius 1 is 0.692 bits per heavy atom. The number of carboxylic acid groups (broad SMARTS) is 1. The van der Waals surface area contributed by atoms with E-state index in [0.29, 0.717) is 6.42 Å². The second-order valence-electron chi connectivity index (χ2n) is 10.2. The molecule has 39 heavy (non-hydrogen) atoms. The molecule has 0 unspecified atom stereocenters. The minimum atomic E-state index is -0.770. The number of hydrogen-bond donors (Lipinski definition) is 1. The molecular weight excluding hydrogens is 488 g/mol. The van der Waals surface area contributed by atoms with Crippen LogP contribution in [0.5, 0.6) is 0 Å². The number of rotatable bonds is 14. The second-order valence-corrected chi connectivity index (χ2v) is 10.2. The monoisotopic (exact) mass is 532 g/mol. The van der Waals surface area contributed by atoms with Gasteiger partial charge in [0.05, 0.1) is 20.0 Å². The maximum absolute atomic E-state index is 11.5. The van der Waals surface area contributed by atoms with Crippen LogP contribution in [0.15, 0.2) is 60.9 Å². The summed E-state index contributed by atoms with van der Waals surface area (Å²) in [6.07, 6.45) is 14.4. The summed E-state index contributed by atoms with van der Waals surface area (Å²) in [5, 5.41) is 11.2. The molecule has 4 aromatic rings. The van der Waals surface area contributed by atoms with Crippen molar-refractivity contribution in [3.63, 3.8) is 0 Å². The Labute approximate surface area is 232 Å². The second kappa shape index (κ2) is 15.8. The van der Waals surface area contributed by atoms with Gasteiger partial charge in [0.1, 0.15) is 0 Å². The van der Waals surface area contributed by atoms with Gasteiger partial charge in [-0.15, -0.1) is 0 Å². The Morgan fingerprint density at radius 2 is 1.15 bits per heavy atom. The Morgan fingerprint density at radius 3 is 1.59 bits per heavy atom. The fourth-order valence-electron chi connectivity index (χ4n) is 5.11. The van der Waals surface area contributed by atoms with E-state index in [-0.39, 0.29) is 12.4 Å². The summed E-state index contributed by atoms with van der Waals surface area (Å²) in [4.78, 5) is 22.4. The average Bonchev–Trinajstić information content (AvgIpc) is 3.47. The molecule has 0 saturated heterocycles. The zero-order valence-corrected chi connectivity index (χ0v) is 23.8. The van der Waals surface area contributed by atoms with Crippen molar-refractivity contribution in [1.29, 1.82) is 0 Å². The highest BCUT2D eigenvalue weighted by Crippen LogP contribution is 2.24. The SMILES string of the molecule is CCCCCCn1cc(CC(=O)O)c2ccccc21.CCCCCCn1cc(CC(=O)OC)c2ccccc21. The van der Waals surface area contributed by atoms with Crippen molar-refractivity contribution in [3.05, 3.63) is 72.1 Å². The minimum absolute atomic E-state index is 0.0997. The lowest BCUT2D eigenvalue weighted by molar-refractivity contribution is -0.140. The smallest absolute Gasteiger partial charge is 0.310 e. The number of ether oxygens (including phenoxy) is 1. The first-order chi connectivity index (χ1) is 19.0. The molecule has 0 atom stereocenters. The molecule has 0 fully saturated rings. The van der Waals surface area contributed by atoms with Gasteiger partial charge in [0.25, 0.3) is 0 Å². The van der Waals surface area contributed by atoms with Crippen LogP contribution in [-0.2, 0) is 40.3 Å². The van der Waals surface area contributed by atoms with E-state index in [0.717, 1.165) is 46.9 Å². The highest BCUT2D eigenvalue weighted by atomic mass is 16.5. The van der Waals surface area contributed by atoms with E-state index in [1.54, 1.807) is 0 Å². The molecule has 6 heteroatoms. The molecule has 6 nitrogen and oxygen atoms in total. The van der Waals surface area contributed by atoms with Crippen LogP contribution in [0.1, 0.15) is 76.3 Å². The highest BCUT2D eigenvalue weighted by molar-refractivity contribution is 5.88. The minimum Gasteiger partial charge on any atom is -0.481 e. The Bertz CT molecular complexity index is 1330. The standard InChI is InChI=1S/C17H23NO2.C16H21NO2/c1-3-4-5-8-11-18-13-14(12-17(19)20-2)15-9-6-7-10-16(15)18;1-2-3-4-7-10-17-12-13(11-16(18)19)14-8-5-6-9-15(14)17/h6-7,9-10,13H,3-5,8,11-12H2,1-2H3;5-6,8-9,12H,2-4,7,10-11H2,1H3,(H,18,19). The number of carboxylic acids is 1. The molecule has 0 radical (unpaired) electrons. The van der Waals surface area contributed by atoms with Gasteiger partial charge in [-0.25, -0.2) is 0 Å². The first kappa shape index (κ1) is 30.0. The molecule has 0 aliphatic heterocycles. The first-order valence-electron chi connectivity index (χ1n) is 14.4. The molecule has 0 aliphatic carbocycles. The topological polar surface area (TPSA) is 73.5 Å². The van der Waals surface area contributed by atoms with Crippen molar-refractivity contribution in [2.45, 2.75) is 91.1 Å². The number of unbranched alkanes of at least 4 members (excludes halogenated alkanes) is 6. The molecule has 0 saturated carbocycles. The van der Waals surface area contributed by atoms with Crippen LogP contribution >= 0.6 is 0 Å². The van der Waals surface area contributed by atoms with Crippen molar-refractivity contribution in [2.75, 3.05) is 7.11 Å². The molecule has 0 aliphatic rings. The summed E-state index contributed by atoms with van der Waals surface area (Å²) in [5.74, 6) is -0.951. The van der Waals surface area contributed by atoms with Crippen LogP contribution in [0, 0.1) is 0 Å². The van der Waals surface area contributed by atoms with Crippen molar-refractivity contribution < 1.29 is 19.4 Å². The molecule has 1 N–H and O–H groups in total. The van der Waals surface area contributed by atoms with Crippen LogP contribution in [0.3, 0.4) is 0 Å². The zero-order chi connectivity index (χ0) is 28.0. The van der Waals surface area contributed by atoms with Crippen molar-refractivity contribution >= 4 is 33.7 Å². The third kappa shape index (κ3) is 8.74. The summed E-state index contributed by atoms with van der Waals surface area (Å²) < 4.78 is 9.24. The summed E-state index contributed by atoms with van der Waals surface area (Å²) in [6.45, 7) is 6.41. The molecule has 210 valence electrons. The number of para-hydroxylation sites is 2. The van der Waals surface area contributed by atoms with Crippen LogP contribution in [0.2, 0.25) is 0 Å². The van der Waals surface area contributed by atoms with Crippen molar-refractivity contribution in [1.82, 2.24) is 9.13 Å². The van der Waals surface area contributed by atoms with Gasteiger partial charge in [0.15, 0.2) is 0 Å². The van der Waals surface area contributed by atoms with E-state index < -0.39 is 5.97 Å². The van der Waals surface area contributed by atoms with Gasteiger partial charge in [-0.2, -0.15) is 0 Å². The Hall–Kier alpha value is -3.54. The number of hydrogen-bond acceptors (Lipinski definition) is 3. The first-order valence-corrected chi connectivity index (χ1v) is 14.4. The van der Waals surface area contributed by atoms with Gasteiger partial charge in [-0.05, 0) is 36.1 Å². The molecule has 0 spiro atoms. The van der Waals surface area contributed by atoms with E-state index in [4.69, 9.17) is 9.84 Å². The summed E-state index contributed by atoms with van der Waals surface area (Å²) in [6, 6.07) is 16.3. The summed E-state index contributed by atoms with van der Waals surface area (Å²) in [5.41, 5.74) is 4.33. The van der Waals surface area contributed by atoms with Gasteiger partial charge in [0.2, 0.25) is 0 Å². The molecular formula is C33H44N2O4. The maximum Gasteiger partial charge on any atom is 0.310 e. The van der Waals surface area contributed by atoms with Gasteiger partial charge >= 0.3 is 11.9 Å². The predicted octanol–water partition coefficient (Wildman–Crippen LogP) is 7.79. The van der Waals surface area contributed by atoms with E-state index >= 15 is 0 Å². The number of benzene rings is 2. The third-order valence-electron chi connectivity index (χ3n) is 7.15. The van der Waals surface area contributed by atoms with Gasteiger partial charge < -0.3 is 19.0 Å². The number of aromatic nitrogens is 2. The summed E-state index contributed by atoms with van der Waals surface area (Å²) >= 11 is 0. The number of aliphatic carboxylic acids is 1. The van der Waals surface area contributed by atoms with E-state index in [2.05, 4.69) is 47.4 Å². The predicted molar refractivity (Wildman–Crippen MR) is 159 cm³/mol. The van der Waals surface area contributed by atoms with Crippen molar-refractivity contribution in [3.8, 4) is 0 Å². The van der Waals surface area contributed by atoms with E-state index in [1.165, 1.54) is 57.6 Å².